The first-order chi connectivity index (χ1) is 11.5. The molecule has 0 aromatic heterocycles. The molecule has 0 saturated carbocycles. The van der Waals surface area contributed by atoms with Crippen LogP contribution in [-0.2, 0) is 24.2 Å². The molecule has 1 radical (unpaired) electrons. The Bertz CT molecular complexity index is 687. The fourth-order valence-electron chi connectivity index (χ4n) is 2.12. The maximum Gasteiger partial charge on any atom is 0.335 e. The van der Waals surface area contributed by atoms with E-state index in [-0.39, 0.29) is 60.8 Å². The summed E-state index contributed by atoms with van der Waals surface area (Å²) < 4.78 is 0. The van der Waals surface area contributed by atoms with Gasteiger partial charge in [-0.15, -0.1) is 0 Å². The van der Waals surface area contributed by atoms with Crippen LogP contribution in [0.4, 0.5) is 0 Å². The van der Waals surface area contributed by atoms with E-state index in [1.807, 2.05) is 24.3 Å². The summed E-state index contributed by atoms with van der Waals surface area (Å²) in [5.74, 6) is -2.13. The fourth-order valence-corrected chi connectivity index (χ4v) is 2.12. The van der Waals surface area contributed by atoms with Gasteiger partial charge in [0.2, 0.25) is 0 Å². The van der Waals surface area contributed by atoms with Gasteiger partial charge in [-0.2, -0.15) is 0 Å². The second kappa shape index (κ2) is 12.8. The Morgan fingerprint density at radius 3 is 1.80 bits per heavy atom. The minimum absolute atomic E-state index is 0. The van der Waals surface area contributed by atoms with Crippen molar-refractivity contribution in [2.45, 2.75) is 19.4 Å². The molecule has 0 unspecified atom stereocenters. The topological polar surface area (TPSA) is 115 Å². The van der Waals surface area contributed by atoms with Crippen LogP contribution in [0.25, 0.3) is 0 Å². The van der Waals surface area contributed by atoms with Crippen molar-refractivity contribution < 1.29 is 65.6 Å². The molecule has 0 aliphatic carbocycles. The molecule has 0 bridgehead atoms. The Hall–Kier alpha value is -1.51. The first kappa shape index (κ1) is 23.5. The SMILES string of the molecule is O=C(O)Cc1ccccc1C(=O)O.OCCc1ccccc1CO.[La]. The third-order valence-electron chi connectivity index (χ3n) is 3.26. The molecule has 4 N–H and O–H groups in total. The normalized spacial score (nSPS) is 9.36. The van der Waals surface area contributed by atoms with Gasteiger partial charge in [0.25, 0.3) is 0 Å². The maximum absolute atomic E-state index is 10.6. The summed E-state index contributed by atoms with van der Waals surface area (Å²) in [6, 6.07) is 13.6. The molecular formula is C18H20LaO6. The number of carboxylic acids is 2. The summed E-state index contributed by atoms with van der Waals surface area (Å²) in [6.07, 6.45) is 0.360. The number of aliphatic hydroxyl groups is 2. The smallest absolute Gasteiger partial charge is 0.335 e. The summed E-state index contributed by atoms with van der Waals surface area (Å²) in [4.78, 5) is 21.0. The summed E-state index contributed by atoms with van der Waals surface area (Å²) >= 11 is 0. The first-order valence-corrected chi connectivity index (χ1v) is 7.31. The van der Waals surface area contributed by atoms with Gasteiger partial charge in [0, 0.05) is 42.2 Å². The summed E-state index contributed by atoms with van der Waals surface area (Å²) in [7, 11) is 0. The van der Waals surface area contributed by atoms with Gasteiger partial charge in [-0.3, -0.25) is 4.79 Å². The molecule has 7 heteroatoms. The third-order valence-corrected chi connectivity index (χ3v) is 3.26. The van der Waals surface area contributed by atoms with Crippen LogP contribution in [0.5, 0.6) is 0 Å². The Labute approximate surface area is 173 Å². The second-order valence-corrected chi connectivity index (χ2v) is 4.93. The van der Waals surface area contributed by atoms with Gasteiger partial charge < -0.3 is 20.4 Å². The largest absolute Gasteiger partial charge is 0.481 e. The molecular weight excluding hydrogens is 451 g/mol. The van der Waals surface area contributed by atoms with E-state index in [4.69, 9.17) is 20.4 Å². The molecule has 0 amide bonds. The van der Waals surface area contributed by atoms with Crippen molar-refractivity contribution in [3.05, 3.63) is 70.8 Å². The zero-order valence-corrected chi connectivity index (χ0v) is 17.3. The number of aliphatic carboxylic acids is 1. The number of aromatic carboxylic acids is 1. The van der Waals surface area contributed by atoms with E-state index in [0.717, 1.165) is 11.1 Å². The van der Waals surface area contributed by atoms with E-state index in [2.05, 4.69) is 0 Å². The molecule has 0 atom stereocenters. The van der Waals surface area contributed by atoms with E-state index < -0.39 is 11.9 Å². The van der Waals surface area contributed by atoms with E-state index in [1.54, 1.807) is 12.1 Å². The number of hydrogen-bond donors (Lipinski definition) is 4. The Kier molecular flexibility index (Phi) is 12.0. The van der Waals surface area contributed by atoms with Crippen LogP contribution in [0.2, 0.25) is 0 Å². The second-order valence-electron chi connectivity index (χ2n) is 4.93. The molecule has 0 spiro atoms. The van der Waals surface area contributed by atoms with E-state index in [0.29, 0.717) is 12.0 Å². The van der Waals surface area contributed by atoms with Gasteiger partial charge in [-0.05, 0) is 29.2 Å². The van der Waals surface area contributed by atoms with E-state index in [9.17, 15) is 9.59 Å². The number of aliphatic hydroxyl groups excluding tert-OH is 2. The summed E-state index contributed by atoms with van der Waals surface area (Å²) in [5, 5.41) is 34.7. The van der Waals surface area contributed by atoms with Gasteiger partial charge in [0.15, 0.2) is 0 Å². The summed E-state index contributed by atoms with van der Waals surface area (Å²) in [5.41, 5.74) is 2.30. The Morgan fingerprint density at radius 1 is 0.800 bits per heavy atom. The van der Waals surface area contributed by atoms with Gasteiger partial charge >= 0.3 is 11.9 Å². The summed E-state index contributed by atoms with van der Waals surface area (Å²) in [6.45, 7) is 0.188. The van der Waals surface area contributed by atoms with Crippen molar-refractivity contribution >= 4 is 11.9 Å². The van der Waals surface area contributed by atoms with Crippen LogP contribution >= 0.6 is 0 Å². The van der Waals surface area contributed by atoms with Crippen LogP contribution in [0, 0.1) is 35.6 Å². The molecule has 0 heterocycles. The molecule has 2 rings (SSSR count). The number of hydrogen-bond acceptors (Lipinski definition) is 4. The van der Waals surface area contributed by atoms with Crippen LogP contribution < -0.4 is 0 Å². The monoisotopic (exact) mass is 471 g/mol. The minimum atomic E-state index is -1.10. The van der Waals surface area contributed by atoms with Crippen molar-refractivity contribution in [2.24, 2.45) is 0 Å². The average molecular weight is 471 g/mol. The fraction of sp³-hybridized carbons (Fsp3) is 0.222. The van der Waals surface area contributed by atoms with Crippen LogP contribution in [0.3, 0.4) is 0 Å². The molecule has 0 saturated heterocycles. The molecule has 0 aliphatic heterocycles. The van der Waals surface area contributed by atoms with Crippen molar-refractivity contribution in [2.75, 3.05) is 6.61 Å². The Balaban J connectivity index is 0.000000449. The zero-order valence-electron chi connectivity index (χ0n) is 13.6. The van der Waals surface area contributed by atoms with Crippen molar-refractivity contribution in [1.82, 2.24) is 0 Å². The number of carboxylic acid groups (broad SMARTS) is 2. The quantitative estimate of drug-likeness (QED) is 0.510. The van der Waals surface area contributed by atoms with Gasteiger partial charge in [-0.1, -0.05) is 42.5 Å². The predicted molar refractivity (Wildman–Crippen MR) is 87.9 cm³/mol. The zero-order chi connectivity index (χ0) is 17.9. The first-order valence-electron chi connectivity index (χ1n) is 7.31. The molecule has 6 nitrogen and oxygen atoms in total. The average Bonchev–Trinajstić information content (AvgIpc) is 2.56. The minimum Gasteiger partial charge on any atom is -0.481 e. The third kappa shape index (κ3) is 8.42. The van der Waals surface area contributed by atoms with E-state index in [1.165, 1.54) is 12.1 Å². The number of carbonyl (C=O) groups is 2. The molecule has 25 heavy (non-hydrogen) atoms. The van der Waals surface area contributed by atoms with Crippen LogP contribution in [0.1, 0.15) is 27.0 Å². The maximum atomic E-state index is 10.6. The van der Waals surface area contributed by atoms with Gasteiger partial charge in [0.1, 0.15) is 0 Å². The van der Waals surface area contributed by atoms with Crippen molar-refractivity contribution in [3.63, 3.8) is 0 Å². The van der Waals surface area contributed by atoms with Crippen molar-refractivity contribution in [1.29, 1.82) is 0 Å². The molecule has 0 fully saturated rings. The molecule has 2 aromatic carbocycles. The van der Waals surface area contributed by atoms with Gasteiger partial charge in [0.05, 0.1) is 18.6 Å². The Morgan fingerprint density at radius 2 is 1.32 bits per heavy atom. The van der Waals surface area contributed by atoms with Crippen LogP contribution in [-0.4, -0.2) is 39.0 Å². The van der Waals surface area contributed by atoms with Crippen LogP contribution in [0.15, 0.2) is 48.5 Å². The predicted octanol–water partition coefficient (Wildman–Crippen LogP) is 1.73. The molecule has 2 aromatic rings. The van der Waals surface area contributed by atoms with Crippen molar-refractivity contribution in [3.8, 4) is 0 Å². The number of rotatable bonds is 6. The number of benzene rings is 2. The standard InChI is InChI=1S/C9H8O4.C9H12O2.La/c10-8(11)5-6-3-1-2-4-7(6)9(12)13;10-6-5-8-3-1-2-4-9(8)7-11;/h1-4H,5H2,(H,10,11)(H,12,13);1-4,10-11H,5-7H2;. The van der Waals surface area contributed by atoms with Gasteiger partial charge in [-0.25, -0.2) is 4.79 Å². The van der Waals surface area contributed by atoms with E-state index >= 15 is 0 Å². The molecule has 131 valence electrons. The molecule has 0 aliphatic rings.